The lowest BCUT2D eigenvalue weighted by Gasteiger charge is -2.43. The van der Waals surface area contributed by atoms with Crippen molar-refractivity contribution in [1.82, 2.24) is 0 Å². The number of para-hydroxylation sites is 1. The molecule has 3 aliphatic carbocycles. The van der Waals surface area contributed by atoms with Crippen molar-refractivity contribution in [3.8, 4) is 6.07 Å². The molecule has 2 nitrogen and oxygen atoms in total. The van der Waals surface area contributed by atoms with Gasteiger partial charge in [0.05, 0.1) is 11.6 Å². The molecule has 1 N–H and O–H groups in total. The Balaban J connectivity index is 1.66. The Labute approximate surface area is 170 Å². The quantitative estimate of drug-likeness (QED) is 0.389. The first-order chi connectivity index (χ1) is 14.4. The lowest BCUT2D eigenvalue weighted by molar-refractivity contribution is 0.754. The van der Waals surface area contributed by atoms with Crippen LogP contribution >= 0.6 is 0 Å². The predicted molar refractivity (Wildman–Crippen MR) is 116 cm³/mol. The van der Waals surface area contributed by atoms with Gasteiger partial charge in [-0.1, -0.05) is 66.7 Å². The molecule has 0 heterocycles. The fourth-order valence-corrected chi connectivity index (χ4v) is 5.17. The number of hydrogen-bond acceptors (Lipinski definition) is 2. The highest BCUT2D eigenvalue weighted by Crippen LogP contribution is 2.58. The molecular weight excluding hydrogens is 352 g/mol. The van der Waals surface area contributed by atoms with Crippen LogP contribution in [-0.4, -0.2) is 0 Å². The molecule has 4 aromatic rings. The maximum atomic E-state index is 9.93. The summed E-state index contributed by atoms with van der Waals surface area (Å²) in [5.41, 5.74) is 10.7. The Morgan fingerprint density at radius 3 is 1.66 bits per heavy atom. The van der Waals surface area contributed by atoms with E-state index in [2.05, 4.69) is 78.1 Å². The average Bonchev–Trinajstić information content (AvgIpc) is 2.79. The molecule has 0 aromatic heterocycles. The zero-order valence-electron chi connectivity index (χ0n) is 15.8. The Kier molecular flexibility index (Phi) is 3.39. The van der Waals surface area contributed by atoms with Gasteiger partial charge in [0.2, 0.25) is 0 Å². The molecule has 2 bridgehead atoms. The van der Waals surface area contributed by atoms with Crippen LogP contribution in [0.15, 0.2) is 91.0 Å². The van der Waals surface area contributed by atoms with E-state index >= 15 is 0 Å². The topological polar surface area (TPSA) is 35.8 Å². The largest absolute Gasteiger partial charge is 0.355 e. The number of hydrogen-bond donors (Lipinski definition) is 1. The summed E-state index contributed by atoms with van der Waals surface area (Å²) in [5, 5.41) is 13.5. The zero-order chi connectivity index (χ0) is 19.4. The van der Waals surface area contributed by atoms with Crippen molar-refractivity contribution >= 4 is 11.4 Å². The summed E-state index contributed by atoms with van der Waals surface area (Å²) >= 11 is 0. The third-order valence-electron chi connectivity index (χ3n) is 6.27. The van der Waals surface area contributed by atoms with Crippen molar-refractivity contribution in [2.75, 3.05) is 5.32 Å². The fraction of sp³-hybridized carbons (Fsp3) is 0.0741. The van der Waals surface area contributed by atoms with E-state index in [0.29, 0.717) is 0 Å². The summed E-state index contributed by atoms with van der Waals surface area (Å²) in [5.74, 6) is 0.247. The van der Waals surface area contributed by atoms with E-state index in [0.717, 1.165) is 22.5 Å². The minimum Gasteiger partial charge on any atom is -0.355 e. The van der Waals surface area contributed by atoms with E-state index in [1.54, 1.807) is 0 Å². The molecule has 2 heteroatoms. The lowest BCUT2D eigenvalue weighted by atomic mass is 9.60. The van der Waals surface area contributed by atoms with Gasteiger partial charge in [-0.05, 0) is 57.6 Å². The van der Waals surface area contributed by atoms with Crippen molar-refractivity contribution in [2.24, 2.45) is 0 Å². The SMILES string of the molecule is N#Cc1ccc(Nc2ccccc2)c2c1C1c3ccccc3C2c2ccccc21. The van der Waals surface area contributed by atoms with Gasteiger partial charge in [-0.3, -0.25) is 0 Å². The molecule has 3 aliphatic rings. The van der Waals surface area contributed by atoms with Crippen LogP contribution in [0.5, 0.6) is 0 Å². The van der Waals surface area contributed by atoms with Crippen molar-refractivity contribution in [1.29, 1.82) is 5.26 Å². The summed E-state index contributed by atoms with van der Waals surface area (Å²) in [6, 6.07) is 34.2. The normalized spacial score (nSPS) is 17.6. The van der Waals surface area contributed by atoms with Crippen LogP contribution in [0.4, 0.5) is 11.4 Å². The van der Waals surface area contributed by atoms with Crippen molar-refractivity contribution in [3.05, 3.63) is 130 Å². The molecule has 0 radical (unpaired) electrons. The second kappa shape index (κ2) is 6.09. The van der Waals surface area contributed by atoms with Gasteiger partial charge in [-0.25, -0.2) is 0 Å². The summed E-state index contributed by atoms with van der Waals surface area (Å²) in [4.78, 5) is 0. The van der Waals surface area contributed by atoms with E-state index in [4.69, 9.17) is 0 Å². The van der Waals surface area contributed by atoms with Gasteiger partial charge in [0.25, 0.3) is 0 Å². The van der Waals surface area contributed by atoms with Crippen LogP contribution < -0.4 is 5.32 Å². The standard InChI is InChI=1S/C27H18N2/c28-16-17-14-15-23(29-18-8-2-1-3-9-18)27-24(17)25-19-10-4-6-12-21(19)26(27)22-13-7-5-11-20(22)25/h1-15,25-26,29H. The number of benzene rings is 4. The summed E-state index contributed by atoms with van der Waals surface area (Å²) in [7, 11) is 0. The van der Waals surface area contributed by atoms with Gasteiger partial charge in [0.1, 0.15) is 0 Å². The molecule has 0 spiro atoms. The molecule has 0 fully saturated rings. The van der Waals surface area contributed by atoms with Crippen LogP contribution in [0.3, 0.4) is 0 Å². The molecule has 0 aliphatic heterocycles. The van der Waals surface area contributed by atoms with Gasteiger partial charge in [0.15, 0.2) is 0 Å². The third-order valence-corrected chi connectivity index (χ3v) is 6.27. The van der Waals surface area contributed by atoms with E-state index in [1.807, 2.05) is 24.3 Å². The maximum Gasteiger partial charge on any atom is 0.0995 e. The van der Waals surface area contributed by atoms with Gasteiger partial charge in [0, 0.05) is 23.2 Å². The number of nitriles is 1. The van der Waals surface area contributed by atoms with Crippen LogP contribution in [0, 0.1) is 11.3 Å². The van der Waals surface area contributed by atoms with Crippen molar-refractivity contribution in [2.45, 2.75) is 11.8 Å². The summed E-state index contributed by atoms with van der Waals surface area (Å²) < 4.78 is 0. The highest BCUT2D eigenvalue weighted by molar-refractivity contribution is 5.78. The van der Waals surface area contributed by atoms with Gasteiger partial charge in [-0.2, -0.15) is 5.26 Å². The molecule has 29 heavy (non-hydrogen) atoms. The Bertz CT molecular complexity index is 1250. The lowest BCUT2D eigenvalue weighted by Crippen LogP contribution is -2.29. The van der Waals surface area contributed by atoms with E-state index in [9.17, 15) is 5.26 Å². The highest BCUT2D eigenvalue weighted by atomic mass is 14.9. The third kappa shape index (κ3) is 2.22. The van der Waals surface area contributed by atoms with Crippen LogP contribution in [0.2, 0.25) is 0 Å². The molecule has 0 unspecified atom stereocenters. The number of anilines is 2. The molecular formula is C27H18N2. The average molecular weight is 370 g/mol. The molecule has 0 amide bonds. The molecule has 7 rings (SSSR count). The molecule has 136 valence electrons. The number of nitrogens with zero attached hydrogens (tertiary/aromatic N) is 1. The van der Waals surface area contributed by atoms with E-state index in [-0.39, 0.29) is 11.8 Å². The monoisotopic (exact) mass is 370 g/mol. The maximum absolute atomic E-state index is 9.93. The summed E-state index contributed by atoms with van der Waals surface area (Å²) in [6.07, 6.45) is 0. The zero-order valence-corrected chi connectivity index (χ0v) is 15.8. The van der Waals surface area contributed by atoms with Crippen molar-refractivity contribution in [3.63, 3.8) is 0 Å². The summed E-state index contributed by atoms with van der Waals surface area (Å²) in [6.45, 7) is 0. The minimum absolute atomic E-state index is 0.106. The van der Waals surface area contributed by atoms with Crippen LogP contribution in [0.25, 0.3) is 0 Å². The van der Waals surface area contributed by atoms with Gasteiger partial charge < -0.3 is 5.32 Å². The number of nitrogens with one attached hydrogen (secondary N) is 1. The first-order valence-electron chi connectivity index (χ1n) is 9.93. The Morgan fingerprint density at radius 1 is 0.586 bits per heavy atom. The van der Waals surface area contributed by atoms with Crippen molar-refractivity contribution < 1.29 is 0 Å². The minimum atomic E-state index is 0.106. The molecule has 0 saturated carbocycles. The van der Waals surface area contributed by atoms with Crippen LogP contribution in [-0.2, 0) is 0 Å². The van der Waals surface area contributed by atoms with Gasteiger partial charge in [-0.15, -0.1) is 0 Å². The Morgan fingerprint density at radius 2 is 1.10 bits per heavy atom. The smallest absolute Gasteiger partial charge is 0.0995 e. The van der Waals surface area contributed by atoms with E-state index < -0.39 is 0 Å². The first kappa shape index (κ1) is 16.2. The van der Waals surface area contributed by atoms with Crippen LogP contribution in [0.1, 0.15) is 50.8 Å². The molecule has 4 aromatic carbocycles. The molecule has 0 atom stereocenters. The second-order valence-electron chi connectivity index (χ2n) is 7.71. The van der Waals surface area contributed by atoms with Gasteiger partial charge >= 0.3 is 0 Å². The second-order valence-corrected chi connectivity index (χ2v) is 7.71. The predicted octanol–water partition coefficient (Wildman–Crippen LogP) is 6.29. The molecule has 0 saturated heterocycles. The highest BCUT2D eigenvalue weighted by Gasteiger charge is 2.43. The Hall–Kier alpha value is -3.83. The van der Waals surface area contributed by atoms with E-state index in [1.165, 1.54) is 27.8 Å². The first-order valence-corrected chi connectivity index (χ1v) is 9.93. The number of rotatable bonds is 2. The fourth-order valence-electron chi connectivity index (χ4n) is 5.17.